The largest absolute Gasteiger partial charge is 0.370 e. The van der Waals surface area contributed by atoms with Gasteiger partial charge in [-0.15, -0.1) is 0 Å². The Kier molecular flexibility index (Phi) is 6.72. The van der Waals surface area contributed by atoms with Crippen molar-refractivity contribution in [3.63, 3.8) is 0 Å². The quantitative estimate of drug-likeness (QED) is 0.611. The second-order valence-electron chi connectivity index (χ2n) is 8.14. The van der Waals surface area contributed by atoms with E-state index in [0.29, 0.717) is 12.5 Å². The maximum absolute atomic E-state index is 11.5. The number of primary amides is 1. The third-order valence-electron chi connectivity index (χ3n) is 5.84. The van der Waals surface area contributed by atoms with Crippen molar-refractivity contribution in [3.05, 3.63) is 35.4 Å². The van der Waals surface area contributed by atoms with Crippen molar-refractivity contribution in [2.24, 2.45) is 28.3 Å². The van der Waals surface area contributed by atoms with E-state index in [1.807, 2.05) is 0 Å². The van der Waals surface area contributed by atoms with Crippen molar-refractivity contribution in [2.75, 3.05) is 26.2 Å². The molecule has 0 spiro atoms. The summed E-state index contributed by atoms with van der Waals surface area (Å²) in [7, 11) is 0. The smallest absolute Gasteiger partial charge is 0.221 e. The van der Waals surface area contributed by atoms with E-state index in [9.17, 15) is 4.79 Å². The van der Waals surface area contributed by atoms with Gasteiger partial charge in [-0.2, -0.15) is 0 Å². The first-order valence-electron chi connectivity index (χ1n) is 10.2. The predicted octanol–water partition coefficient (Wildman–Crippen LogP) is 1.93. The molecule has 6 heteroatoms. The Hall–Kier alpha value is -2.08. The van der Waals surface area contributed by atoms with E-state index in [4.69, 9.17) is 11.5 Å². The van der Waals surface area contributed by atoms with Crippen LogP contribution in [0.3, 0.4) is 0 Å². The van der Waals surface area contributed by atoms with E-state index >= 15 is 0 Å². The number of aliphatic imine (C=N–C) groups is 1. The van der Waals surface area contributed by atoms with Gasteiger partial charge in [0.15, 0.2) is 5.96 Å². The SMILES string of the molecule is CC1CCN(C(N)=NCc2cccc(CN3CCCC(C(N)=O)C3)c2)CC1. The van der Waals surface area contributed by atoms with Crippen LogP contribution in [-0.2, 0) is 17.9 Å². The molecule has 27 heavy (non-hydrogen) atoms. The topological polar surface area (TPSA) is 87.9 Å². The molecule has 6 nitrogen and oxygen atoms in total. The summed E-state index contributed by atoms with van der Waals surface area (Å²) in [6.07, 6.45) is 4.32. The highest BCUT2D eigenvalue weighted by Crippen LogP contribution is 2.19. The van der Waals surface area contributed by atoms with E-state index in [2.05, 4.69) is 46.0 Å². The van der Waals surface area contributed by atoms with Crippen molar-refractivity contribution in [3.8, 4) is 0 Å². The van der Waals surface area contributed by atoms with Gasteiger partial charge < -0.3 is 16.4 Å². The van der Waals surface area contributed by atoms with Gasteiger partial charge in [0, 0.05) is 26.2 Å². The molecular weight excluding hydrogens is 338 g/mol. The van der Waals surface area contributed by atoms with E-state index in [1.54, 1.807) is 0 Å². The van der Waals surface area contributed by atoms with Gasteiger partial charge in [0.1, 0.15) is 0 Å². The monoisotopic (exact) mass is 371 g/mol. The van der Waals surface area contributed by atoms with Gasteiger partial charge in [0.25, 0.3) is 0 Å². The summed E-state index contributed by atoms with van der Waals surface area (Å²) < 4.78 is 0. The molecule has 0 radical (unpaired) electrons. The molecule has 3 rings (SSSR count). The zero-order valence-corrected chi connectivity index (χ0v) is 16.4. The number of carbonyl (C=O) groups excluding carboxylic acids is 1. The van der Waals surface area contributed by atoms with Crippen LogP contribution in [0.15, 0.2) is 29.3 Å². The molecule has 148 valence electrons. The first-order chi connectivity index (χ1) is 13.0. The van der Waals surface area contributed by atoms with Crippen LogP contribution in [0.5, 0.6) is 0 Å². The minimum absolute atomic E-state index is 0.0152. The van der Waals surface area contributed by atoms with Crippen LogP contribution in [0.1, 0.15) is 43.7 Å². The van der Waals surface area contributed by atoms with Crippen molar-refractivity contribution in [2.45, 2.75) is 45.7 Å². The maximum atomic E-state index is 11.5. The number of nitrogens with zero attached hydrogens (tertiary/aromatic N) is 3. The third-order valence-corrected chi connectivity index (χ3v) is 5.84. The van der Waals surface area contributed by atoms with Crippen molar-refractivity contribution < 1.29 is 4.79 Å². The van der Waals surface area contributed by atoms with Crippen LogP contribution >= 0.6 is 0 Å². The fraction of sp³-hybridized carbons (Fsp3) is 0.619. The highest BCUT2D eigenvalue weighted by Gasteiger charge is 2.23. The lowest BCUT2D eigenvalue weighted by atomic mass is 9.97. The lowest BCUT2D eigenvalue weighted by molar-refractivity contribution is -0.123. The molecule has 4 N–H and O–H groups in total. The van der Waals surface area contributed by atoms with Crippen molar-refractivity contribution in [1.29, 1.82) is 0 Å². The fourth-order valence-corrected chi connectivity index (χ4v) is 4.03. The Morgan fingerprint density at radius 2 is 1.89 bits per heavy atom. The van der Waals surface area contributed by atoms with E-state index < -0.39 is 0 Å². The molecule has 2 heterocycles. The zero-order chi connectivity index (χ0) is 19.2. The Labute approximate surface area is 162 Å². The maximum Gasteiger partial charge on any atom is 0.221 e. The molecule has 0 aliphatic carbocycles. The number of hydrogen-bond donors (Lipinski definition) is 2. The van der Waals surface area contributed by atoms with Crippen molar-refractivity contribution >= 4 is 11.9 Å². The first kappa shape index (κ1) is 19.7. The van der Waals surface area contributed by atoms with Crippen LogP contribution < -0.4 is 11.5 Å². The molecule has 1 atom stereocenters. The standard InChI is InChI=1S/C21H33N5O/c1-16-7-10-26(11-8-16)21(23)24-13-17-4-2-5-18(12-17)14-25-9-3-6-19(15-25)20(22)27/h2,4-5,12,16,19H,3,6-11,13-15H2,1H3,(H2,22,27)(H2,23,24). The Morgan fingerprint density at radius 3 is 2.63 bits per heavy atom. The molecular formula is C21H33N5O. The molecule has 0 saturated carbocycles. The van der Waals surface area contributed by atoms with Gasteiger partial charge in [-0.05, 0) is 49.3 Å². The average Bonchev–Trinajstić information content (AvgIpc) is 2.67. The van der Waals surface area contributed by atoms with Crippen LogP contribution in [0.25, 0.3) is 0 Å². The van der Waals surface area contributed by atoms with Gasteiger partial charge in [0.2, 0.25) is 5.91 Å². The number of likely N-dealkylation sites (tertiary alicyclic amines) is 2. The van der Waals surface area contributed by atoms with Gasteiger partial charge in [-0.1, -0.05) is 31.2 Å². The molecule has 0 bridgehead atoms. The number of rotatable bonds is 5. The molecule has 1 aromatic rings. The van der Waals surface area contributed by atoms with Gasteiger partial charge >= 0.3 is 0 Å². The van der Waals surface area contributed by atoms with Crippen LogP contribution in [-0.4, -0.2) is 47.8 Å². The molecule has 2 saturated heterocycles. The summed E-state index contributed by atoms with van der Waals surface area (Å²) in [4.78, 5) is 20.6. The van der Waals surface area contributed by atoms with Crippen LogP contribution in [0.4, 0.5) is 0 Å². The normalized spacial score (nSPS) is 22.8. The Bertz CT molecular complexity index is 666. The number of nitrogens with two attached hydrogens (primary N) is 2. The zero-order valence-electron chi connectivity index (χ0n) is 16.4. The van der Waals surface area contributed by atoms with E-state index in [1.165, 1.54) is 24.0 Å². The first-order valence-corrected chi connectivity index (χ1v) is 10.2. The second kappa shape index (κ2) is 9.22. The Morgan fingerprint density at radius 1 is 1.15 bits per heavy atom. The molecule has 2 aliphatic heterocycles. The minimum atomic E-state index is -0.176. The summed E-state index contributed by atoms with van der Waals surface area (Å²) in [5.41, 5.74) is 14.1. The van der Waals surface area contributed by atoms with E-state index in [-0.39, 0.29) is 11.8 Å². The molecule has 0 aromatic heterocycles. The lowest BCUT2D eigenvalue weighted by Gasteiger charge is -2.31. The van der Waals surface area contributed by atoms with Gasteiger partial charge in [-0.3, -0.25) is 9.69 Å². The summed E-state index contributed by atoms with van der Waals surface area (Å²) in [6, 6.07) is 8.51. The fourth-order valence-electron chi connectivity index (χ4n) is 4.03. The summed E-state index contributed by atoms with van der Waals surface area (Å²) in [5, 5.41) is 0. The molecule has 1 aromatic carbocycles. The molecule has 1 unspecified atom stereocenters. The third kappa shape index (κ3) is 5.70. The second-order valence-corrected chi connectivity index (χ2v) is 8.14. The average molecular weight is 372 g/mol. The summed E-state index contributed by atoms with van der Waals surface area (Å²) >= 11 is 0. The van der Waals surface area contributed by atoms with Gasteiger partial charge in [0.05, 0.1) is 12.5 Å². The highest BCUT2D eigenvalue weighted by molar-refractivity contribution is 5.78. The van der Waals surface area contributed by atoms with Crippen molar-refractivity contribution in [1.82, 2.24) is 9.80 Å². The molecule has 2 aliphatic rings. The number of amides is 1. The minimum Gasteiger partial charge on any atom is -0.370 e. The summed E-state index contributed by atoms with van der Waals surface area (Å²) in [6.45, 7) is 7.55. The summed E-state index contributed by atoms with van der Waals surface area (Å²) in [5.74, 6) is 1.26. The number of guanidine groups is 1. The van der Waals surface area contributed by atoms with Gasteiger partial charge in [-0.25, -0.2) is 4.99 Å². The number of carbonyl (C=O) groups is 1. The number of hydrogen-bond acceptors (Lipinski definition) is 3. The highest BCUT2D eigenvalue weighted by atomic mass is 16.1. The number of piperidine rings is 2. The molecule has 2 fully saturated rings. The van der Waals surface area contributed by atoms with E-state index in [0.717, 1.165) is 51.5 Å². The van der Waals surface area contributed by atoms with Crippen LogP contribution in [0, 0.1) is 11.8 Å². The predicted molar refractivity (Wildman–Crippen MR) is 109 cm³/mol. The van der Waals surface area contributed by atoms with Crippen LogP contribution in [0.2, 0.25) is 0 Å². The lowest BCUT2D eigenvalue weighted by Crippen LogP contribution is -2.42. The Balaban J connectivity index is 1.55. The number of benzene rings is 1. The molecule has 1 amide bonds.